The van der Waals surface area contributed by atoms with Crippen molar-refractivity contribution in [2.24, 2.45) is 0 Å². The summed E-state index contributed by atoms with van der Waals surface area (Å²) in [5, 5.41) is 12.1. The molecule has 0 saturated heterocycles. The number of rotatable bonds is 9. The van der Waals surface area contributed by atoms with E-state index in [0.29, 0.717) is 0 Å². The number of hydrogen-bond donors (Lipinski definition) is 0. The maximum absolute atomic E-state index is 6.66. The Bertz CT molecular complexity index is 3820. The van der Waals surface area contributed by atoms with E-state index in [-0.39, 0.29) is 0 Å². The van der Waals surface area contributed by atoms with Gasteiger partial charge < -0.3 is 13.7 Å². The van der Waals surface area contributed by atoms with Crippen LogP contribution in [0.15, 0.2) is 270 Å². The quantitative estimate of drug-likeness (QED) is 0.107. The SMILES string of the molecule is c1ccc(-c2ccc(N(c3ccc(-c4cccc5oc6ccc7ccc8oc9ccccc9c8c7c6c45)cc3)c3ccc([Si](c4ccccc4)(c4ccccc4)c4ccccc4)cc3)cc2)cc1. The molecule has 2 aromatic heterocycles. The molecule has 320 valence electrons. The molecule has 0 aliphatic heterocycles. The Morgan fingerprint density at radius 3 is 1.28 bits per heavy atom. The van der Waals surface area contributed by atoms with Gasteiger partial charge in [-0.1, -0.05) is 200 Å². The molecule has 0 saturated carbocycles. The summed E-state index contributed by atoms with van der Waals surface area (Å²) in [6.07, 6.45) is 0. The molecule has 0 unspecified atom stereocenters. The summed E-state index contributed by atoms with van der Waals surface area (Å²) >= 11 is 0. The van der Waals surface area contributed by atoms with Gasteiger partial charge in [-0.2, -0.15) is 0 Å². The first-order valence-electron chi connectivity index (χ1n) is 23.2. The van der Waals surface area contributed by atoms with Crippen LogP contribution in [-0.4, -0.2) is 8.07 Å². The molecule has 0 radical (unpaired) electrons. The van der Waals surface area contributed by atoms with Gasteiger partial charge in [0.25, 0.3) is 0 Å². The van der Waals surface area contributed by atoms with E-state index in [9.17, 15) is 0 Å². The van der Waals surface area contributed by atoms with Crippen LogP contribution in [0, 0.1) is 0 Å². The highest BCUT2D eigenvalue weighted by Gasteiger charge is 2.41. The molecule has 0 atom stereocenters. The van der Waals surface area contributed by atoms with E-state index in [1.807, 2.05) is 12.1 Å². The second kappa shape index (κ2) is 16.3. The van der Waals surface area contributed by atoms with Gasteiger partial charge in [0.1, 0.15) is 22.3 Å². The van der Waals surface area contributed by atoms with Crippen molar-refractivity contribution in [1.29, 1.82) is 0 Å². The molecule has 2 heterocycles. The minimum Gasteiger partial charge on any atom is -0.456 e. The molecule has 4 heteroatoms. The molecular weight excluding hydrogens is 843 g/mol. The zero-order valence-corrected chi connectivity index (χ0v) is 38.1. The van der Waals surface area contributed by atoms with Crippen LogP contribution in [0.5, 0.6) is 0 Å². The first kappa shape index (κ1) is 39.6. The predicted octanol–water partition coefficient (Wildman–Crippen LogP) is 14.8. The maximum atomic E-state index is 6.66. The van der Waals surface area contributed by atoms with Crippen molar-refractivity contribution in [3.63, 3.8) is 0 Å². The van der Waals surface area contributed by atoms with Gasteiger partial charge in [-0.3, -0.25) is 0 Å². The van der Waals surface area contributed by atoms with Crippen molar-refractivity contribution in [2.45, 2.75) is 0 Å². The average molecular weight is 886 g/mol. The maximum Gasteiger partial charge on any atom is 0.179 e. The van der Waals surface area contributed by atoms with Crippen molar-refractivity contribution in [1.82, 2.24) is 0 Å². The Balaban J connectivity index is 0.965. The summed E-state index contributed by atoms with van der Waals surface area (Å²) < 4.78 is 13.1. The number of para-hydroxylation sites is 1. The minimum atomic E-state index is -2.72. The number of anilines is 3. The van der Waals surface area contributed by atoms with E-state index in [1.165, 1.54) is 31.9 Å². The molecule has 68 heavy (non-hydrogen) atoms. The molecule has 11 aromatic carbocycles. The standard InChI is InChI=1S/C64H43NO2Si/c1-5-16-44(17-6-1)45-28-34-48(35-29-45)65(50-38-40-54(41-39-50)68(51-18-7-2-8-19-51,52-20-9-3-10-21-52)53-22-11-4-12-23-53)49-36-30-46(31-37-49)55-25-15-27-58-62(55)64-60(67-58)43-33-47-32-42-59-63(61(47)64)56-24-13-14-26-57(56)66-59/h1-43H. The number of benzene rings is 11. The van der Waals surface area contributed by atoms with E-state index in [2.05, 4.69) is 254 Å². The molecule has 0 aliphatic rings. The molecule has 0 spiro atoms. The molecule has 0 fully saturated rings. The Hall–Kier alpha value is -8.70. The summed E-state index contributed by atoms with van der Waals surface area (Å²) in [6, 6.07) is 94.5. The summed E-state index contributed by atoms with van der Waals surface area (Å²) in [7, 11) is -2.72. The fourth-order valence-electron chi connectivity index (χ4n) is 10.8. The molecule has 3 nitrogen and oxygen atoms in total. The van der Waals surface area contributed by atoms with Crippen LogP contribution in [-0.2, 0) is 0 Å². The van der Waals surface area contributed by atoms with Gasteiger partial charge in [0.15, 0.2) is 8.07 Å². The Labute approximate surface area is 395 Å². The Morgan fingerprint density at radius 1 is 0.265 bits per heavy atom. The second-order valence-corrected chi connectivity index (χ2v) is 21.4. The van der Waals surface area contributed by atoms with Crippen LogP contribution in [0.1, 0.15) is 0 Å². The van der Waals surface area contributed by atoms with Gasteiger partial charge in [-0.05, 0) is 109 Å². The number of fused-ring (bicyclic) bond motifs is 9. The molecule has 0 amide bonds. The third kappa shape index (κ3) is 6.41. The Morgan fingerprint density at radius 2 is 0.691 bits per heavy atom. The average Bonchev–Trinajstić information content (AvgIpc) is 4.00. The van der Waals surface area contributed by atoms with E-state index >= 15 is 0 Å². The minimum absolute atomic E-state index is 0.861. The topological polar surface area (TPSA) is 29.5 Å². The van der Waals surface area contributed by atoms with Crippen LogP contribution in [0.4, 0.5) is 17.1 Å². The van der Waals surface area contributed by atoms with Crippen molar-refractivity contribution in [3.8, 4) is 22.3 Å². The normalized spacial score (nSPS) is 11.8. The van der Waals surface area contributed by atoms with Crippen molar-refractivity contribution in [3.05, 3.63) is 261 Å². The van der Waals surface area contributed by atoms with E-state index < -0.39 is 8.07 Å². The van der Waals surface area contributed by atoms with E-state index in [1.54, 1.807) is 0 Å². The highest BCUT2D eigenvalue weighted by molar-refractivity contribution is 7.19. The molecule has 13 aromatic rings. The van der Waals surface area contributed by atoms with Crippen LogP contribution >= 0.6 is 0 Å². The zero-order chi connectivity index (χ0) is 45.0. The van der Waals surface area contributed by atoms with Gasteiger partial charge in [-0.15, -0.1) is 0 Å². The third-order valence-electron chi connectivity index (χ3n) is 13.8. The van der Waals surface area contributed by atoms with E-state index in [4.69, 9.17) is 8.83 Å². The number of furan rings is 2. The van der Waals surface area contributed by atoms with Crippen LogP contribution in [0.3, 0.4) is 0 Å². The monoisotopic (exact) mass is 885 g/mol. The summed E-state index contributed by atoms with van der Waals surface area (Å²) in [6.45, 7) is 0. The predicted molar refractivity (Wildman–Crippen MR) is 288 cm³/mol. The van der Waals surface area contributed by atoms with Crippen molar-refractivity contribution in [2.75, 3.05) is 4.90 Å². The van der Waals surface area contributed by atoms with Crippen LogP contribution in [0.25, 0.3) is 76.9 Å². The fraction of sp³-hybridized carbons (Fsp3) is 0. The lowest BCUT2D eigenvalue weighted by Crippen LogP contribution is -2.74. The summed E-state index contributed by atoms with van der Waals surface area (Å²) in [5.41, 5.74) is 11.3. The van der Waals surface area contributed by atoms with Gasteiger partial charge in [0.2, 0.25) is 0 Å². The molecule has 0 N–H and O–H groups in total. The van der Waals surface area contributed by atoms with Gasteiger partial charge >= 0.3 is 0 Å². The summed E-state index contributed by atoms with van der Waals surface area (Å²) in [4.78, 5) is 2.38. The lowest BCUT2D eigenvalue weighted by molar-refractivity contribution is 0.669. The van der Waals surface area contributed by atoms with Crippen LogP contribution in [0.2, 0.25) is 0 Å². The Kier molecular flexibility index (Phi) is 9.51. The first-order valence-corrected chi connectivity index (χ1v) is 25.2. The highest BCUT2D eigenvalue weighted by atomic mass is 28.3. The molecular formula is C64H43NO2Si. The summed E-state index contributed by atoms with van der Waals surface area (Å²) in [5.74, 6) is 0. The lowest BCUT2D eigenvalue weighted by atomic mass is 9.94. The fourth-order valence-corrected chi connectivity index (χ4v) is 15.5. The lowest BCUT2D eigenvalue weighted by Gasteiger charge is -2.35. The van der Waals surface area contributed by atoms with Crippen molar-refractivity contribution < 1.29 is 8.83 Å². The van der Waals surface area contributed by atoms with E-state index in [0.717, 1.165) is 82.8 Å². The smallest absolute Gasteiger partial charge is 0.179 e. The van der Waals surface area contributed by atoms with Gasteiger partial charge in [-0.25, -0.2) is 0 Å². The van der Waals surface area contributed by atoms with Gasteiger partial charge in [0.05, 0.1) is 0 Å². The molecule has 0 bridgehead atoms. The van der Waals surface area contributed by atoms with Crippen molar-refractivity contribution >= 4 is 101 Å². The third-order valence-corrected chi connectivity index (χ3v) is 18.6. The van der Waals surface area contributed by atoms with Gasteiger partial charge in [0, 0.05) is 44.0 Å². The molecule has 0 aliphatic carbocycles. The largest absolute Gasteiger partial charge is 0.456 e. The zero-order valence-electron chi connectivity index (χ0n) is 37.1. The molecule has 13 rings (SSSR count). The number of nitrogens with zero attached hydrogens (tertiary/aromatic N) is 1. The van der Waals surface area contributed by atoms with Crippen LogP contribution < -0.4 is 25.6 Å². The second-order valence-electron chi connectivity index (χ2n) is 17.5. The number of hydrogen-bond acceptors (Lipinski definition) is 3. The highest BCUT2D eigenvalue weighted by Crippen LogP contribution is 2.45. The first-order chi connectivity index (χ1) is 33.7.